The zero-order valence-corrected chi connectivity index (χ0v) is 19.8. The fourth-order valence-electron chi connectivity index (χ4n) is 3.10. The van der Waals surface area contributed by atoms with Crippen LogP contribution in [0.1, 0.15) is 31.6 Å². The Bertz CT molecular complexity index is 1020. The van der Waals surface area contributed by atoms with E-state index in [1.54, 1.807) is 6.07 Å². The molecule has 1 aromatic carbocycles. The van der Waals surface area contributed by atoms with Gasteiger partial charge < -0.3 is 15.4 Å². The van der Waals surface area contributed by atoms with Gasteiger partial charge in [-0.25, -0.2) is 4.79 Å². The average molecular weight is 469 g/mol. The highest BCUT2D eigenvalue weighted by Gasteiger charge is 2.25. The molecule has 0 fully saturated rings. The quantitative estimate of drug-likeness (QED) is 0.554. The SMILES string of the molecule is COCCN(C(=O)CSC(C)c1ccccc1Cl)c1c(N)n(CC(C)C)c(=O)[nH]c1=O. The monoisotopic (exact) mass is 468 g/mol. The van der Waals surface area contributed by atoms with Crippen LogP contribution in [0.25, 0.3) is 0 Å². The summed E-state index contributed by atoms with van der Waals surface area (Å²) in [4.78, 5) is 41.5. The molecule has 3 N–H and O–H groups in total. The number of benzene rings is 1. The lowest BCUT2D eigenvalue weighted by molar-refractivity contribution is -0.116. The number of aromatic nitrogens is 2. The normalized spacial score (nSPS) is 12.2. The van der Waals surface area contributed by atoms with Gasteiger partial charge in [0, 0.05) is 30.5 Å². The van der Waals surface area contributed by atoms with Crippen LogP contribution < -0.4 is 21.9 Å². The lowest BCUT2D eigenvalue weighted by atomic mass is 10.2. The number of amides is 1. The van der Waals surface area contributed by atoms with Gasteiger partial charge in [0.15, 0.2) is 5.69 Å². The number of carbonyl (C=O) groups excluding carboxylic acids is 1. The molecule has 0 spiro atoms. The Labute approximate surface area is 190 Å². The minimum absolute atomic E-state index is 0.0314. The van der Waals surface area contributed by atoms with Crippen LogP contribution in [0.4, 0.5) is 11.5 Å². The number of ether oxygens (including phenoxy) is 1. The van der Waals surface area contributed by atoms with Crippen LogP contribution in [0.2, 0.25) is 5.02 Å². The molecule has 0 aliphatic carbocycles. The predicted octanol–water partition coefficient (Wildman–Crippen LogP) is 2.90. The van der Waals surface area contributed by atoms with E-state index >= 15 is 0 Å². The second kappa shape index (κ2) is 11.4. The Morgan fingerprint density at radius 1 is 1.29 bits per heavy atom. The summed E-state index contributed by atoms with van der Waals surface area (Å²) in [5.41, 5.74) is 5.79. The number of nitrogen functional groups attached to an aromatic ring is 1. The van der Waals surface area contributed by atoms with E-state index in [4.69, 9.17) is 22.1 Å². The highest BCUT2D eigenvalue weighted by atomic mass is 35.5. The maximum atomic E-state index is 13.1. The summed E-state index contributed by atoms with van der Waals surface area (Å²) in [7, 11) is 1.50. The second-order valence-corrected chi connectivity index (χ2v) is 9.25. The molecule has 0 aliphatic heterocycles. The van der Waals surface area contributed by atoms with Crippen molar-refractivity contribution in [1.29, 1.82) is 0 Å². The molecule has 1 atom stereocenters. The largest absolute Gasteiger partial charge is 0.383 e. The maximum Gasteiger partial charge on any atom is 0.330 e. The lowest BCUT2D eigenvalue weighted by Crippen LogP contribution is -2.43. The average Bonchev–Trinajstić information content (AvgIpc) is 2.71. The van der Waals surface area contributed by atoms with Crippen LogP contribution in [0, 0.1) is 5.92 Å². The number of thioether (sulfide) groups is 1. The van der Waals surface area contributed by atoms with E-state index in [2.05, 4.69) is 4.98 Å². The van der Waals surface area contributed by atoms with Gasteiger partial charge >= 0.3 is 5.69 Å². The third-order valence-corrected chi connectivity index (χ3v) is 6.16. The summed E-state index contributed by atoms with van der Waals surface area (Å²) in [5, 5.41) is 0.597. The molecule has 0 radical (unpaired) electrons. The number of H-pyrrole nitrogens is 1. The first kappa shape index (κ1) is 25.0. The number of hydrogen-bond acceptors (Lipinski definition) is 6. The number of methoxy groups -OCH3 is 1. The van der Waals surface area contributed by atoms with Gasteiger partial charge in [-0.1, -0.05) is 43.6 Å². The molecular formula is C21H29ClN4O4S. The van der Waals surface area contributed by atoms with Crippen LogP contribution >= 0.6 is 23.4 Å². The van der Waals surface area contributed by atoms with E-state index in [0.29, 0.717) is 11.6 Å². The Morgan fingerprint density at radius 3 is 2.58 bits per heavy atom. The molecule has 1 aromatic heterocycles. The molecule has 170 valence electrons. The minimum atomic E-state index is -0.698. The van der Waals surface area contributed by atoms with Crippen LogP contribution in [0.5, 0.6) is 0 Å². The van der Waals surface area contributed by atoms with Crippen LogP contribution in [0.3, 0.4) is 0 Å². The maximum absolute atomic E-state index is 13.1. The smallest absolute Gasteiger partial charge is 0.330 e. The highest BCUT2D eigenvalue weighted by Crippen LogP contribution is 2.33. The van der Waals surface area contributed by atoms with Crippen molar-refractivity contribution >= 4 is 40.8 Å². The van der Waals surface area contributed by atoms with Gasteiger partial charge in [0.05, 0.1) is 12.4 Å². The van der Waals surface area contributed by atoms with Gasteiger partial charge in [0.1, 0.15) is 5.82 Å². The first-order chi connectivity index (χ1) is 14.7. The fourth-order valence-corrected chi connectivity index (χ4v) is 4.39. The van der Waals surface area contributed by atoms with Crippen molar-refractivity contribution < 1.29 is 9.53 Å². The highest BCUT2D eigenvalue weighted by molar-refractivity contribution is 8.00. The molecule has 1 amide bonds. The van der Waals surface area contributed by atoms with Crippen molar-refractivity contribution in [3.63, 3.8) is 0 Å². The third-order valence-electron chi connectivity index (χ3n) is 4.65. The zero-order valence-electron chi connectivity index (χ0n) is 18.2. The summed E-state index contributed by atoms with van der Waals surface area (Å²) in [6.45, 7) is 6.47. The topological polar surface area (TPSA) is 110 Å². The number of rotatable bonds is 10. The van der Waals surface area contributed by atoms with Gasteiger partial charge in [-0.15, -0.1) is 11.8 Å². The number of halogens is 1. The van der Waals surface area contributed by atoms with Gasteiger partial charge in [0.2, 0.25) is 5.91 Å². The molecule has 1 unspecified atom stereocenters. The van der Waals surface area contributed by atoms with Crippen molar-refractivity contribution in [2.75, 3.05) is 36.6 Å². The molecule has 2 rings (SSSR count). The van der Waals surface area contributed by atoms with Crippen molar-refractivity contribution in [3.05, 3.63) is 55.7 Å². The number of nitrogens with zero attached hydrogens (tertiary/aromatic N) is 2. The molecule has 8 nitrogen and oxygen atoms in total. The number of aromatic amines is 1. The number of nitrogens with one attached hydrogen (secondary N) is 1. The Hall–Kier alpha value is -2.23. The zero-order chi connectivity index (χ0) is 23.1. The summed E-state index contributed by atoms with van der Waals surface area (Å²) in [5.74, 6) is -0.129. The molecule has 1 heterocycles. The summed E-state index contributed by atoms with van der Waals surface area (Å²) in [6, 6.07) is 7.46. The van der Waals surface area contributed by atoms with Crippen LogP contribution in [-0.4, -0.2) is 41.5 Å². The van der Waals surface area contributed by atoms with Crippen molar-refractivity contribution in [1.82, 2.24) is 9.55 Å². The molecule has 10 heteroatoms. The van der Waals surface area contributed by atoms with Crippen LogP contribution in [0.15, 0.2) is 33.9 Å². The molecular weight excluding hydrogens is 440 g/mol. The number of carbonyl (C=O) groups is 1. The van der Waals surface area contributed by atoms with E-state index in [1.165, 1.54) is 28.3 Å². The first-order valence-electron chi connectivity index (χ1n) is 9.95. The summed E-state index contributed by atoms with van der Waals surface area (Å²) < 4.78 is 6.40. The standard InChI is InChI=1S/C21H29ClN4O4S/c1-13(2)11-26-19(23)18(20(28)24-21(26)29)25(9-10-30-4)17(27)12-31-14(3)15-7-5-6-8-16(15)22/h5-8,13-14H,9-12,23H2,1-4H3,(H,24,28,29). The molecule has 2 aromatic rings. The second-order valence-electron chi connectivity index (χ2n) is 7.51. The Kier molecular flexibility index (Phi) is 9.21. The predicted molar refractivity (Wildman–Crippen MR) is 127 cm³/mol. The van der Waals surface area contributed by atoms with E-state index < -0.39 is 11.2 Å². The number of hydrogen-bond donors (Lipinski definition) is 2. The number of anilines is 2. The molecule has 0 saturated heterocycles. The van der Waals surface area contributed by atoms with Crippen molar-refractivity contribution in [2.24, 2.45) is 5.92 Å². The summed E-state index contributed by atoms with van der Waals surface area (Å²) >= 11 is 7.66. The van der Waals surface area contributed by atoms with E-state index in [-0.39, 0.29) is 47.5 Å². The van der Waals surface area contributed by atoms with Crippen molar-refractivity contribution in [2.45, 2.75) is 32.6 Å². The lowest BCUT2D eigenvalue weighted by Gasteiger charge is -2.25. The fraction of sp³-hybridized carbons (Fsp3) is 0.476. The first-order valence-corrected chi connectivity index (χ1v) is 11.4. The molecule has 0 bridgehead atoms. The van der Waals surface area contributed by atoms with Crippen molar-refractivity contribution in [3.8, 4) is 0 Å². The van der Waals surface area contributed by atoms with Gasteiger partial charge in [-0.3, -0.25) is 19.1 Å². The van der Waals surface area contributed by atoms with Crippen LogP contribution in [-0.2, 0) is 16.1 Å². The van der Waals surface area contributed by atoms with Gasteiger partial charge in [0.25, 0.3) is 5.56 Å². The molecule has 31 heavy (non-hydrogen) atoms. The summed E-state index contributed by atoms with van der Waals surface area (Å²) in [6.07, 6.45) is 0. The van der Waals surface area contributed by atoms with E-state index in [9.17, 15) is 14.4 Å². The minimum Gasteiger partial charge on any atom is -0.383 e. The molecule has 0 saturated carbocycles. The molecule has 0 aliphatic rings. The Balaban J connectivity index is 2.33. The van der Waals surface area contributed by atoms with E-state index in [0.717, 1.165) is 5.56 Å². The van der Waals surface area contributed by atoms with Gasteiger partial charge in [-0.2, -0.15) is 0 Å². The Morgan fingerprint density at radius 2 is 1.97 bits per heavy atom. The van der Waals surface area contributed by atoms with Gasteiger partial charge in [-0.05, 0) is 24.5 Å². The van der Waals surface area contributed by atoms with E-state index in [1.807, 2.05) is 39.0 Å². The number of nitrogens with two attached hydrogens (primary N) is 1. The third kappa shape index (κ3) is 6.38.